The maximum absolute atomic E-state index is 11.9. The van der Waals surface area contributed by atoms with Gasteiger partial charge < -0.3 is 19.7 Å². The smallest absolute Gasteiger partial charge is 0.199 e. The van der Waals surface area contributed by atoms with Gasteiger partial charge in [0.1, 0.15) is 0 Å². The normalized spacial score (nSPS) is 15.9. The zero-order chi connectivity index (χ0) is 102. The highest BCUT2D eigenvalue weighted by Crippen LogP contribution is 2.66. The molecule has 0 amide bonds. The van der Waals surface area contributed by atoms with Crippen LogP contribution in [0.15, 0.2) is 436 Å². The third kappa shape index (κ3) is 10.7. The molecule has 0 saturated heterocycles. The van der Waals surface area contributed by atoms with Crippen molar-refractivity contribution in [3.8, 4) is 106 Å². The topological polar surface area (TPSA) is 23.4 Å². The van der Waals surface area contributed by atoms with Crippen LogP contribution in [0.4, 0.5) is 45.5 Å². The summed E-state index contributed by atoms with van der Waals surface area (Å²) >= 11 is 0. The minimum atomic E-state index is -0.968. The van der Waals surface area contributed by atoms with E-state index in [1.54, 1.807) is 7.28 Å². The largest absolute Gasteiger partial charge is 0.355 e. The van der Waals surface area contributed by atoms with E-state index < -0.39 is 183 Å². The third-order valence-corrected chi connectivity index (χ3v) is 26.0. The summed E-state index contributed by atoms with van der Waals surface area (Å²) in [5.74, 6) is 0. The molecule has 1 aromatic heterocycles. The van der Waals surface area contributed by atoms with E-state index in [1.165, 1.54) is 6.07 Å². The van der Waals surface area contributed by atoms with Crippen LogP contribution in [0.1, 0.15) is 101 Å². The van der Waals surface area contributed by atoms with Crippen LogP contribution in [0.5, 0.6) is 0 Å². The van der Waals surface area contributed by atoms with Crippen molar-refractivity contribution in [1.82, 2.24) is 4.57 Å². The molecule has 25 rings (SSSR count). The second-order valence-electron chi connectivity index (χ2n) is 33.4. The minimum Gasteiger partial charge on any atom is -0.355 e. The number of nitrogens with zero attached hydrogens (tertiary/aromatic N) is 3. The summed E-state index contributed by atoms with van der Waals surface area (Å²) in [6.07, 6.45) is 0. The van der Waals surface area contributed by atoms with Crippen molar-refractivity contribution < 1.29 is 30.2 Å². The van der Waals surface area contributed by atoms with Gasteiger partial charge in [0.2, 0.25) is 0 Å². The van der Waals surface area contributed by atoms with E-state index in [0.717, 1.165) is 99.6 Å². The molecule has 1 aliphatic heterocycles. The van der Waals surface area contributed by atoms with Gasteiger partial charge in [-0.25, -0.2) is 0 Å². The van der Waals surface area contributed by atoms with Crippen LogP contribution in [-0.4, -0.2) is 11.8 Å². The summed E-state index contributed by atoms with van der Waals surface area (Å²) in [6.45, 7) is 6.09. The van der Waals surface area contributed by atoms with Gasteiger partial charge >= 0.3 is 0 Å². The van der Waals surface area contributed by atoms with Crippen LogP contribution in [-0.2, 0) is 16.2 Å². The highest BCUT2D eigenvalue weighted by atomic mass is 15.2. The number of benzene rings is 19. The standard InChI is InChI=1S/C120H82BN4/c1-118(2,3)81-72-113(124(116-86(77-36-9-5-10-37-77)51-32-52-87(116)78-38-11-6-12-39-78)83-41-31-40-82(74-83)122-109-61-28-19-42-85(109)76-34-7-4-8-35-76)115-114(73-81)125(112-75-84(66-69-108(112)121-115)123-110-62-29-20-49-96(110)97-50-21-30-63-111(97)123)117-88(79-64-67-106-98(70-79)94-47-17-26-59-104(94)119(106)100-55-22-13-43-90(100)91-44-14-23-56-101(91)119)53-33-54-89(117)80-65-68-107-99(71-80)95-48-18-27-60-105(95)120(107)102-57-24-15-45-92(102)93-46-16-25-58-103(93)120/h4-75,122H,1-3H3/i4D,7D,8D,19D,20D,21D,28D,29D,30D,31D,34D,40D,42D,49D,50D,61D,62D,63D,66D,69D,74D,75D. The van der Waals surface area contributed by atoms with Gasteiger partial charge in [0.15, 0.2) is 7.28 Å². The van der Waals surface area contributed by atoms with Crippen molar-refractivity contribution in [1.29, 1.82) is 0 Å². The molecule has 0 saturated carbocycles. The highest BCUT2D eigenvalue weighted by molar-refractivity contribution is 6.73. The van der Waals surface area contributed by atoms with Crippen molar-refractivity contribution in [3.05, 3.63) is 486 Å². The first-order chi connectivity index (χ1) is 70.8. The lowest BCUT2D eigenvalue weighted by atomic mass is 9.58. The third-order valence-electron chi connectivity index (χ3n) is 26.0. The number of aromatic nitrogens is 1. The van der Waals surface area contributed by atoms with Gasteiger partial charge in [0.05, 0.1) is 63.4 Å². The molecule has 5 heteroatoms. The molecule has 4 nitrogen and oxygen atoms in total. The fourth-order valence-corrected chi connectivity index (χ4v) is 20.8. The molecule has 4 aliphatic carbocycles. The van der Waals surface area contributed by atoms with Crippen LogP contribution in [0.2, 0.25) is 0 Å². The molecule has 0 bridgehead atoms. The quantitative estimate of drug-likeness (QED) is 0.123. The van der Waals surface area contributed by atoms with E-state index in [0.29, 0.717) is 61.4 Å². The zero-order valence-corrected chi connectivity index (χ0v) is 67.8. The molecule has 1 radical (unpaired) electrons. The number of anilines is 8. The molecule has 125 heavy (non-hydrogen) atoms. The number of rotatable bonds is 12. The summed E-state index contributed by atoms with van der Waals surface area (Å²) in [7, 11) is 1.71. The number of fused-ring (bicyclic) bond motifs is 25. The molecule has 1 N–H and O–H groups in total. The lowest BCUT2D eigenvalue weighted by Gasteiger charge is -2.41. The second kappa shape index (κ2) is 28.0. The number of hydrogen-bond donors (Lipinski definition) is 1. The first-order valence-electron chi connectivity index (χ1n) is 52.9. The summed E-state index contributed by atoms with van der Waals surface area (Å²) in [6, 6.07) is 86.9. The average molecular weight is 1610 g/mol. The molecule has 19 aromatic carbocycles. The van der Waals surface area contributed by atoms with Crippen LogP contribution < -0.4 is 26.0 Å². The van der Waals surface area contributed by atoms with Gasteiger partial charge in [-0.2, -0.15) is 0 Å². The van der Waals surface area contributed by atoms with Gasteiger partial charge in [-0.3, -0.25) is 0 Å². The molecule has 0 unspecified atom stereocenters. The Labute approximate surface area is 760 Å². The Morgan fingerprint density at radius 3 is 1.31 bits per heavy atom. The molecule has 20 aromatic rings. The van der Waals surface area contributed by atoms with Gasteiger partial charge in [0.25, 0.3) is 0 Å². The fourth-order valence-electron chi connectivity index (χ4n) is 20.8. The minimum absolute atomic E-state index is 0.0801. The predicted molar refractivity (Wildman–Crippen MR) is 523 cm³/mol. The molecule has 2 spiro atoms. The van der Waals surface area contributed by atoms with E-state index in [4.69, 9.17) is 5.48 Å². The Morgan fingerprint density at radius 1 is 0.328 bits per heavy atom. The molecule has 2 heterocycles. The van der Waals surface area contributed by atoms with Crippen LogP contribution >= 0.6 is 0 Å². The van der Waals surface area contributed by atoms with Crippen molar-refractivity contribution in [3.63, 3.8) is 0 Å². The average Bonchev–Trinajstić information content (AvgIpc) is 1.51. The second-order valence-corrected chi connectivity index (χ2v) is 33.4. The maximum atomic E-state index is 11.9. The van der Waals surface area contributed by atoms with Gasteiger partial charge in [-0.05, 0) is 206 Å². The summed E-state index contributed by atoms with van der Waals surface area (Å²) in [5, 5.41) is 2.45. The van der Waals surface area contributed by atoms with E-state index in [2.05, 4.69) is 187 Å². The van der Waals surface area contributed by atoms with Gasteiger partial charge in [-0.1, -0.05) is 390 Å². The lowest BCUT2D eigenvalue weighted by molar-refractivity contribution is 0.590. The van der Waals surface area contributed by atoms with Crippen LogP contribution in [0.25, 0.3) is 128 Å². The van der Waals surface area contributed by atoms with E-state index in [1.807, 2.05) is 140 Å². The zero-order valence-electron chi connectivity index (χ0n) is 89.8. The van der Waals surface area contributed by atoms with Crippen molar-refractivity contribution >= 4 is 85.5 Å². The summed E-state index contributed by atoms with van der Waals surface area (Å²) in [5.41, 5.74) is 17.7. The molecular formula is C120H82BN4. The van der Waals surface area contributed by atoms with E-state index in [-0.39, 0.29) is 50.0 Å². The molecular weight excluding hydrogens is 1510 g/mol. The Bertz CT molecular complexity index is 8860. The number of para-hydroxylation sites is 5. The maximum Gasteiger partial charge on any atom is 0.199 e. The van der Waals surface area contributed by atoms with Crippen LogP contribution in [0, 0.1) is 0 Å². The van der Waals surface area contributed by atoms with Gasteiger partial charge in [-0.15, -0.1) is 0 Å². The lowest BCUT2D eigenvalue weighted by Crippen LogP contribution is -2.43. The molecule has 0 atom stereocenters. The first-order valence-corrected chi connectivity index (χ1v) is 41.9. The van der Waals surface area contributed by atoms with Gasteiger partial charge in [0, 0.05) is 78.4 Å². The Hall–Kier alpha value is -15.6. The van der Waals surface area contributed by atoms with Crippen molar-refractivity contribution in [2.75, 3.05) is 15.1 Å². The highest BCUT2D eigenvalue weighted by Gasteiger charge is 2.54. The summed E-state index contributed by atoms with van der Waals surface area (Å²) in [4.78, 5) is 3.76. The van der Waals surface area contributed by atoms with Crippen molar-refractivity contribution in [2.24, 2.45) is 0 Å². The Morgan fingerprint density at radius 2 is 0.784 bits per heavy atom. The molecule has 0 fully saturated rings. The molecule has 585 valence electrons. The monoisotopic (exact) mass is 1610 g/mol. The predicted octanol–water partition coefficient (Wildman–Crippen LogP) is 29.8. The fraction of sp³-hybridized carbons (Fsp3) is 0.0500. The summed E-state index contributed by atoms with van der Waals surface area (Å²) < 4.78 is 218. The number of nitrogens with one attached hydrogen (secondary N) is 1. The van der Waals surface area contributed by atoms with E-state index >= 15 is 0 Å². The Kier molecular flexibility index (Phi) is 11.9. The first kappa shape index (κ1) is 53.3. The van der Waals surface area contributed by atoms with Crippen LogP contribution in [0.3, 0.4) is 0 Å². The number of hydrogen-bond acceptors (Lipinski definition) is 3. The van der Waals surface area contributed by atoms with Crippen molar-refractivity contribution in [2.45, 2.75) is 37.0 Å². The SMILES string of the molecule is [2H]c1cc(-c2c([2H])c([2H])c([2H])c([2H])c2Nc2c([2H])c([2H])cc(N(c3cc(C(C)(C)C)cc4c3[B]c3c([2H])c([2H])c(-n5c6c([2H])c([2H])c([2H])c([2H])c6c6c([2H])c([2H])c([2H])c([2H])c65)c([2H])c3N4c3c(-c4ccc5c(c4)-c4ccccc4C54c5ccccc5-c5ccccc54)cccc3-c3ccc4c(c3)-c3ccccc3C43c4ccccc4-c4ccccc43)c3c(-c4ccccc4)cccc3-c3ccccc3)c2[2H])c([2H])c([2H])c1[2H]. The molecule has 5 aliphatic rings. The van der Waals surface area contributed by atoms with E-state index in [9.17, 15) is 24.7 Å². The Balaban J connectivity index is 0.852.